The van der Waals surface area contributed by atoms with Crippen molar-refractivity contribution in [3.8, 4) is 0 Å². The van der Waals surface area contributed by atoms with Crippen LogP contribution in [-0.2, 0) is 4.79 Å². The molecule has 27 heavy (non-hydrogen) atoms. The normalized spacial score (nSPS) is 21.1. The summed E-state index contributed by atoms with van der Waals surface area (Å²) >= 11 is 1.60. The number of H-pyrrole nitrogens is 1. The van der Waals surface area contributed by atoms with Gasteiger partial charge in [0.15, 0.2) is 0 Å². The van der Waals surface area contributed by atoms with Crippen molar-refractivity contribution >= 4 is 34.1 Å². The number of aromatic nitrogens is 4. The molecule has 1 fully saturated rings. The zero-order chi connectivity index (χ0) is 18.8. The number of thiazole rings is 1. The molecule has 3 aromatic rings. The number of hydrogen-bond donors (Lipinski definition) is 3. The van der Waals surface area contributed by atoms with Crippen molar-refractivity contribution in [3.63, 3.8) is 0 Å². The number of amides is 1. The van der Waals surface area contributed by atoms with E-state index in [1.54, 1.807) is 17.7 Å². The van der Waals surface area contributed by atoms with Crippen LogP contribution in [0.5, 0.6) is 0 Å². The van der Waals surface area contributed by atoms with E-state index in [2.05, 4.69) is 30.6 Å². The van der Waals surface area contributed by atoms with Gasteiger partial charge >= 0.3 is 0 Å². The summed E-state index contributed by atoms with van der Waals surface area (Å²) in [4.78, 5) is 28.8. The molecule has 0 aliphatic heterocycles. The predicted molar refractivity (Wildman–Crippen MR) is 107 cm³/mol. The molecule has 3 aromatic heterocycles. The molecule has 1 saturated carbocycles. The lowest BCUT2D eigenvalue weighted by Gasteiger charge is -2.29. The lowest BCUT2D eigenvalue weighted by atomic mass is 9.85. The molecule has 0 spiro atoms. The van der Waals surface area contributed by atoms with Crippen molar-refractivity contribution < 1.29 is 4.79 Å². The Morgan fingerprint density at radius 2 is 2.11 bits per heavy atom. The van der Waals surface area contributed by atoms with Gasteiger partial charge in [0.25, 0.3) is 0 Å². The third-order valence-electron chi connectivity index (χ3n) is 5.16. The van der Waals surface area contributed by atoms with Crippen LogP contribution < -0.4 is 10.6 Å². The molecule has 1 aliphatic rings. The molecule has 3 N–H and O–H groups in total. The van der Waals surface area contributed by atoms with Gasteiger partial charge in [-0.25, -0.2) is 15.0 Å². The van der Waals surface area contributed by atoms with E-state index in [0.717, 1.165) is 53.2 Å². The fourth-order valence-electron chi connectivity index (χ4n) is 3.64. The Labute approximate surface area is 162 Å². The van der Waals surface area contributed by atoms with Crippen LogP contribution in [0.3, 0.4) is 0 Å². The van der Waals surface area contributed by atoms with E-state index in [1.807, 2.05) is 31.5 Å². The molecule has 1 aliphatic carbocycles. The summed E-state index contributed by atoms with van der Waals surface area (Å²) in [7, 11) is 0. The third-order valence-corrected chi connectivity index (χ3v) is 6.30. The number of hydrogen-bond acceptors (Lipinski definition) is 6. The molecule has 0 radical (unpaired) electrons. The van der Waals surface area contributed by atoms with Gasteiger partial charge in [0.1, 0.15) is 22.8 Å². The van der Waals surface area contributed by atoms with Gasteiger partial charge in [-0.2, -0.15) is 0 Å². The molecule has 0 saturated heterocycles. The Hall–Kier alpha value is -2.48. The zero-order valence-electron chi connectivity index (χ0n) is 15.5. The standard InChI is InChI=1S/C19H24N6OS/c1-11-9-27-19(23-11)12(2)24-18(26)13-3-5-14(6-4-13)25-17-15-7-8-20-16(15)21-10-22-17/h7-10,12-14H,3-6H2,1-2H3,(H,24,26)(H2,20,21,22,25). The maximum Gasteiger partial charge on any atom is 0.223 e. The van der Waals surface area contributed by atoms with Gasteiger partial charge in [-0.05, 0) is 45.6 Å². The van der Waals surface area contributed by atoms with Gasteiger partial charge in [-0.1, -0.05) is 0 Å². The average molecular weight is 385 g/mol. The molecule has 1 amide bonds. The van der Waals surface area contributed by atoms with Crippen LogP contribution in [0.15, 0.2) is 24.0 Å². The van der Waals surface area contributed by atoms with Crippen LogP contribution >= 0.6 is 11.3 Å². The van der Waals surface area contributed by atoms with E-state index >= 15 is 0 Å². The van der Waals surface area contributed by atoms with Gasteiger partial charge < -0.3 is 15.6 Å². The maximum atomic E-state index is 12.6. The van der Waals surface area contributed by atoms with Crippen LogP contribution in [0.4, 0.5) is 5.82 Å². The first-order chi connectivity index (χ1) is 13.1. The second kappa shape index (κ2) is 7.64. The molecule has 3 heterocycles. The first-order valence-electron chi connectivity index (χ1n) is 9.37. The second-order valence-electron chi connectivity index (χ2n) is 7.21. The van der Waals surface area contributed by atoms with Crippen molar-refractivity contribution in [2.75, 3.05) is 5.32 Å². The highest BCUT2D eigenvalue weighted by atomic mass is 32.1. The number of fused-ring (bicyclic) bond motifs is 1. The summed E-state index contributed by atoms with van der Waals surface area (Å²) in [5.41, 5.74) is 1.84. The minimum atomic E-state index is -0.0325. The van der Waals surface area contributed by atoms with Crippen LogP contribution in [0.25, 0.3) is 11.0 Å². The van der Waals surface area contributed by atoms with Crippen molar-refractivity contribution in [1.82, 2.24) is 25.3 Å². The smallest absolute Gasteiger partial charge is 0.223 e. The topological polar surface area (TPSA) is 95.6 Å². The fraction of sp³-hybridized carbons (Fsp3) is 0.474. The van der Waals surface area contributed by atoms with Gasteiger partial charge in [0, 0.05) is 29.2 Å². The molecule has 1 unspecified atom stereocenters. The Morgan fingerprint density at radius 3 is 2.85 bits per heavy atom. The van der Waals surface area contributed by atoms with Crippen molar-refractivity contribution in [2.45, 2.75) is 51.6 Å². The van der Waals surface area contributed by atoms with E-state index < -0.39 is 0 Å². The van der Waals surface area contributed by atoms with Gasteiger partial charge in [-0.15, -0.1) is 11.3 Å². The van der Waals surface area contributed by atoms with Crippen LogP contribution in [-0.4, -0.2) is 31.9 Å². The van der Waals surface area contributed by atoms with E-state index in [4.69, 9.17) is 0 Å². The van der Waals surface area contributed by atoms with Gasteiger partial charge in [0.2, 0.25) is 5.91 Å². The van der Waals surface area contributed by atoms with Crippen molar-refractivity contribution in [1.29, 1.82) is 0 Å². The third kappa shape index (κ3) is 3.95. The quantitative estimate of drug-likeness (QED) is 0.625. The van der Waals surface area contributed by atoms with E-state index in [1.165, 1.54) is 0 Å². The number of aryl methyl sites for hydroxylation is 1. The largest absolute Gasteiger partial charge is 0.367 e. The van der Waals surface area contributed by atoms with Gasteiger partial charge in [0.05, 0.1) is 11.4 Å². The summed E-state index contributed by atoms with van der Waals surface area (Å²) in [5.74, 6) is 1.08. The molecule has 4 rings (SSSR count). The monoisotopic (exact) mass is 384 g/mol. The number of nitrogens with zero attached hydrogens (tertiary/aromatic N) is 3. The number of rotatable bonds is 5. The molecular formula is C19H24N6OS. The predicted octanol–water partition coefficient (Wildman–Crippen LogP) is 3.57. The molecule has 0 aromatic carbocycles. The summed E-state index contributed by atoms with van der Waals surface area (Å²) in [6.07, 6.45) is 7.12. The first-order valence-corrected chi connectivity index (χ1v) is 10.2. The molecule has 0 bridgehead atoms. The minimum absolute atomic E-state index is 0.0325. The summed E-state index contributed by atoms with van der Waals surface area (Å²) in [6, 6.07) is 2.29. The summed E-state index contributed by atoms with van der Waals surface area (Å²) in [5, 5.41) is 10.6. The number of aromatic amines is 1. The summed E-state index contributed by atoms with van der Waals surface area (Å²) < 4.78 is 0. The highest BCUT2D eigenvalue weighted by Gasteiger charge is 2.28. The SMILES string of the molecule is Cc1csc(C(C)NC(=O)C2CCC(Nc3ncnc4[nH]ccc34)CC2)n1. The molecule has 7 nitrogen and oxygen atoms in total. The van der Waals surface area contributed by atoms with Crippen LogP contribution in [0.1, 0.15) is 49.4 Å². The van der Waals surface area contributed by atoms with Crippen molar-refractivity contribution in [2.24, 2.45) is 5.92 Å². The van der Waals surface area contributed by atoms with Crippen LogP contribution in [0, 0.1) is 12.8 Å². The van der Waals surface area contributed by atoms with Crippen LogP contribution in [0.2, 0.25) is 0 Å². The average Bonchev–Trinajstić information content (AvgIpc) is 3.31. The number of nitrogens with one attached hydrogen (secondary N) is 3. The fourth-order valence-corrected chi connectivity index (χ4v) is 4.45. The minimum Gasteiger partial charge on any atom is -0.367 e. The molecule has 142 valence electrons. The highest BCUT2D eigenvalue weighted by molar-refractivity contribution is 7.09. The van der Waals surface area contributed by atoms with E-state index in [-0.39, 0.29) is 17.9 Å². The highest BCUT2D eigenvalue weighted by Crippen LogP contribution is 2.29. The Balaban J connectivity index is 1.31. The molecular weight excluding hydrogens is 360 g/mol. The van der Waals surface area contributed by atoms with Crippen molar-refractivity contribution in [3.05, 3.63) is 34.7 Å². The number of carbonyl (C=O) groups excluding carboxylic acids is 1. The Kier molecular flexibility index (Phi) is 5.07. The van der Waals surface area contributed by atoms with E-state index in [9.17, 15) is 4.79 Å². The lowest BCUT2D eigenvalue weighted by molar-refractivity contribution is -0.126. The first kappa shape index (κ1) is 17.9. The Bertz CT molecular complexity index is 927. The molecule has 8 heteroatoms. The summed E-state index contributed by atoms with van der Waals surface area (Å²) in [6.45, 7) is 3.97. The second-order valence-corrected chi connectivity index (χ2v) is 8.10. The lowest BCUT2D eigenvalue weighted by Crippen LogP contribution is -2.37. The van der Waals surface area contributed by atoms with Gasteiger partial charge in [-0.3, -0.25) is 4.79 Å². The number of anilines is 1. The maximum absolute atomic E-state index is 12.6. The number of carbonyl (C=O) groups is 1. The molecule has 1 atom stereocenters. The zero-order valence-corrected chi connectivity index (χ0v) is 16.3. The Morgan fingerprint density at radius 1 is 1.30 bits per heavy atom. The van der Waals surface area contributed by atoms with E-state index in [0.29, 0.717) is 6.04 Å².